The van der Waals surface area contributed by atoms with E-state index >= 15 is 0 Å². The van der Waals surface area contributed by atoms with Crippen molar-refractivity contribution in [3.05, 3.63) is 174 Å². The largest absolute Gasteiger partial charge is 0.480 e. The van der Waals surface area contributed by atoms with Crippen LogP contribution in [0.1, 0.15) is 11.5 Å². The second-order valence-corrected chi connectivity index (χ2v) is 13.7. The average molecular weight is 868 g/mol. The molecule has 0 amide bonds. The van der Waals surface area contributed by atoms with E-state index in [2.05, 4.69) is 45.4 Å². The Bertz CT molecular complexity index is 2880. The van der Waals surface area contributed by atoms with E-state index in [1.54, 1.807) is 54.6 Å². The number of hydrogen-bond donors (Lipinski definition) is 4. The lowest BCUT2D eigenvalue weighted by molar-refractivity contribution is -0.138. The van der Waals surface area contributed by atoms with Gasteiger partial charge in [0.05, 0.1) is 18.2 Å². The summed E-state index contributed by atoms with van der Waals surface area (Å²) in [6.07, 6.45) is 5.58. The number of aliphatic carboxylic acids is 2. The molecule has 6 aromatic heterocycles. The fourth-order valence-electron chi connectivity index (χ4n) is 6.18. The van der Waals surface area contributed by atoms with Crippen molar-refractivity contribution in [2.24, 2.45) is 0 Å². The summed E-state index contributed by atoms with van der Waals surface area (Å²) < 4.78 is 38.2. The third-order valence-electron chi connectivity index (χ3n) is 9.12. The standard InChI is InChI=1S/C23H16FN5O3.C22H16ClFN4O3/c1-25-21-19(14-6-3-2-4-7-14)28-20(15-9-10-26-18(24)12-15)22(29-21)27-17(23(30)31)13-16-8-5-11-32-16;23-20-18(13-5-2-1-3-6-13)27-19(14-8-9-25-17(24)11-14)21(28-20)26-16(22(29)30)12-15-7-4-10-31-15/h2-12,17H,13H2,(H,27,29)(H,30,31);1-11,16H,12H2,(H,26,28)(H,29,30). The van der Waals surface area contributed by atoms with Gasteiger partial charge < -0.3 is 34.5 Å². The molecule has 15 nitrogen and oxygen atoms in total. The molecule has 2 unspecified atom stereocenters. The van der Waals surface area contributed by atoms with E-state index < -0.39 is 35.9 Å². The van der Waals surface area contributed by atoms with E-state index in [0.29, 0.717) is 45.2 Å². The third-order valence-corrected chi connectivity index (χ3v) is 9.38. The zero-order valence-electron chi connectivity index (χ0n) is 32.6. The van der Waals surface area contributed by atoms with Gasteiger partial charge in [0.1, 0.15) is 40.7 Å². The van der Waals surface area contributed by atoms with Crippen molar-refractivity contribution in [2.45, 2.75) is 24.9 Å². The molecule has 0 spiro atoms. The van der Waals surface area contributed by atoms with Crippen LogP contribution in [-0.2, 0) is 22.4 Å². The highest BCUT2D eigenvalue weighted by atomic mass is 35.5. The average Bonchev–Trinajstić information content (AvgIpc) is 4.02. The number of benzene rings is 2. The zero-order valence-corrected chi connectivity index (χ0v) is 33.3. The van der Waals surface area contributed by atoms with Crippen LogP contribution in [0.5, 0.6) is 0 Å². The predicted molar refractivity (Wildman–Crippen MR) is 228 cm³/mol. The van der Waals surface area contributed by atoms with Gasteiger partial charge in [-0.15, -0.1) is 0 Å². The number of aromatic nitrogens is 6. The molecule has 18 heteroatoms. The molecule has 0 aliphatic rings. The van der Waals surface area contributed by atoms with Gasteiger partial charge in [-0.05, 0) is 42.0 Å². The number of carbonyl (C=O) groups is 2. The van der Waals surface area contributed by atoms with Gasteiger partial charge in [0, 0.05) is 54.1 Å². The lowest BCUT2D eigenvalue weighted by Gasteiger charge is -2.18. The lowest BCUT2D eigenvalue weighted by Crippen LogP contribution is -2.32. The predicted octanol–water partition coefficient (Wildman–Crippen LogP) is 9.30. The van der Waals surface area contributed by atoms with E-state index in [1.807, 2.05) is 36.4 Å². The summed E-state index contributed by atoms with van der Waals surface area (Å²) in [5, 5.41) is 25.2. The van der Waals surface area contributed by atoms with Gasteiger partial charge in [-0.3, -0.25) is 4.98 Å². The molecule has 63 heavy (non-hydrogen) atoms. The summed E-state index contributed by atoms with van der Waals surface area (Å²) in [5.74, 6) is -2.62. The molecule has 0 bridgehead atoms. The summed E-state index contributed by atoms with van der Waals surface area (Å²) in [7, 11) is 0. The number of halogens is 3. The highest BCUT2D eigenvalue weighted by molar-refractivity contribution is 6.32. The van der Waals surface area contributed by atoms with Crippen molar-refractivity contribution < 1.29 is 37.4 Å². The summed E-state index contributed by atoms with van der Waals surface area (Å²) in [6.45, 7) is 7.56. The zero-order chi connectivity index (χ0) is 44.3. The number of rotatable bonds is 14. The molecule has 6 heterocycles. The van der Waals surface area contributed by atoms with Gasteiger partial charge >= 0.3 is 11.9 Å². The van der Waals surface area contributed by atoms with Gasteiger partial charge in [-0.25, -0.2) is 29.5 Å². The minimum Gasteiger partial charge on any atom is -0.480 e. The molecular weight excluding hydrogens is 836 g/mol. The van der Waals surface area contributed by atoms with Gasteiger partial charge in [-0.1, -0.05) is 83.8 Å². The molecule has 0 saturated carbocycles. The first-order valence-electron chi connectivity index (χ1n) is 18.8. The molecule has 2 aromatic carbocycles. The van der Waals surface area contributed by atoms with Gasteiger partial charge in [0.25, 0.3) is 5.82 Å². The number of carboxylic acid groups (broad SMARTS) is 2. The van der Waals surface area contributed by atoms with Crippen molar-refractivity contribution in [2.75, 3.05) is 10.6 Å². The Morgan fingerprint density at radius 1 is 0.619 bits per heavy atom. The molecule has 0 aliphatic carbocycles. The maximum absolute atomic E-state index is 13.9. The Morgan fingerprint density at radius 2 is 1.08 bits per heavy atom. The first kappa shape index (κ1) is 42.8. The van der Waals surface area contributed by atoms with Gasteiger partial charge in [-0.2, -0.15) is 8.78 Å². The highest BCUT2D eigenvalue weighted by Gasteiger charge is 2.27. The van der Waals surface area contributed by atoms with Crippen LogP contribution in [0, 0.1) is 18.5 Å². The first-order chi connectivity index (χ1) is 30.6. The van der Waals surface area contributed by atoms with Crippen molar-refractivity contribution in [3.63, 3.8) is 0 Å². The Labute approximate surface area is 362 Å². The Kier molecular flexibility index (Phi) is 13.4. The molecular formula is C45H32ClF2N9O6. The molecule has 0 saturated heterocycles. The highest BCUT2D eigenvalue weighted by Crippen LogP contribution is 2.36. The first-order valence-corrected chi connectivity index (χ1v) is 19.2. The number of pyridine rings is 2. The monoisotopic (exact) mass is 867 g/mol. The Hall–Kier alpha value is -8.36. The number of nitrogens with one attached hydrogen (secondary N) is 2. The number of carboxylic acids is 2. The van der Waals surface area contributed by atoms with E-state index in [4.69, 9.17) is 27.0 Å². The van der Waals surface area contributed by atoms with E-state index in [1.165, 1.54) is 43.1 Å². The number of nitrogens with zero attached hydrogens (tertiary/aromatic N) is 7. The number of furan rings is 2. The van der Waals surface area contributed by atoms with E-state index in [-0.39, 0.29) is 46.8 Å². The molecule has 2 atom stereocenters. The Balaban J connectivity index is 0.000000189. The van der Waals surface area contributed by atoms with Gasteiger partial charge in [0.15, 0.2) is 11.0 Å². The van der Waals surface area contributed by atoms with Crippen LogP contribution in [0.15, 0.2) is 143 Å². The number of anilines is 2. The molecule has 8 aromatic rings. The van der Waals surface area contributed by atoms with Crippen LogP contribution in [-0.4, -0.2) is 64.1 Å². The fraction of sp³-hybridized carbons (Fsp3) is 0.0889. The lowest BCUT2D eigenvalue weighted by atomic mass is 10.1. The third kappa shape index (κ3) is 10.7. The van der Waals surface area contributed by atoms with Crippen LogP contribution >= 0.6 is 11.6 Å². The molecule has 0 fully saturated rings. The van der Waals surface area contributed by atoms with E-state index in [0.717, 1.165) is 0 Å². The summed E-state index contributed by atoms with van der Waals surface area (Å²) in [6, 6.07) is 28.0. The van der Waals surface area contributed by atoms with Crippen LogP contribution in [0.3, 0.4) is 0 Å². The summed E-state index contributed by atoms with van der Waals surface area (Å²) >= 11 is 6.39. The van der Waals surface area contributed by atoms with Crippen LogP contribution < -0.4 is 10.6 Å². The number of hydrogen-bond acceptors (Lipinski definition) is 12. The molecule has 8 rings (SSSR count). The molecule has 0 radical (unpaired) electrons. The van der Waals surface area contributed by atoms with Crippen molar-refractivity contribution in [1.82, 2.24) is 29.9 Å². The normalized spacial score (nSPS) is 11.7. The molecule has 0 aliphatic heterocycles. The summed E-state index contributed by atoms with van der Waals surface area (Å²) in [4.78, 5) is 52.2. The topological polar surface area (TPSA) is 207 Å². The summed E-state index contributed by atoms with van der Waals surface area (Å²) in [5.41, 5.74) is 3.21. The maximum Gasteiger partial charge on any atom is 0.326 e. The Morgan fingerprint density at radius 3 is 1.51 bits per heavy atom. The second-order valence-electron chi connectivity index (χ2n) is 13.4. The van der Waals surface area contributed by atoms with Crippen LogP contribution in [0.4, 0.5) is 26.2 Å². The fourth-order valence-corrected chi connectivity index (χ4v) is 6.42. The van der Waals surface area contributed by atoms with Gasteiger partial charge in [0.2, 0.25) is 17.7 Å². The SMILES string of the molecule is O=C(O)C(Cc1ccco1)Nc1nc(Cl)c(-c2ccccc2)nc1-c1ccnc(F)c1.[C-]#[N+]c1nc(NC(Cc2ccco2)C(=O)O)c(-c2ccnc(F)c2)nc1-c1ccccc1. The van der Waals surface area contributed by atoms with Crippen molar-refractivity contribution in [1.29, 1.82) is 0 Å². The van der Waals surface area contributed by atoms with Crippen LogP contribution in [0.2, 0.25) is 5.15 Å². The second kappa shape index (κ2) is 19.8. The minimum atomic E-state index is -1.15. The molecule has 314 valence electrons. The quantitative estimate of drug-likeness (QED) is 0.0594. The smallest absolute Gasteiger partial charge is 0.326 e. The van der Waals surface area contributed by atoms with Crippen LogP contribution in [0.25, 0.3) is 49.9 Å². The minimum absolute atomic E-state index is 0.0147. The van der Waals surface area contributed by atoms with Crippen molar-refractivity contribution in [3.8, 4) is 45.0 Å². The maximum atomic E-state index is 13.9. The molecule has 4 N–H and O–H groups in total. The van der Waals surface area contributed by atoms with E-state index in [9.17, 15) is 28.6 Å². The van der Waals surface area contributed by atoms with Crippen molar-refractivity contribution >= 4 is 41.0 Å².